The van der Waals surface area contributed by atoms with Gasteiger partial charge in [0.25, 0.3) is 5.91 Å². The molecule has 0 bridgehead atoms. The molecule has 1 atom stereocenters. The molecule has 4 aromatic carbocycles. The van der Waals surface area contributed by atoms with E-state index in [0.717, 1.165) is 111 Å². The fraction of sp³-hybridized carbons (Fsp3) is 0.383. The van der Waals surface area contributed by atoms with Crippen LogP contribution in [0, 0.1) is 5.92 Å². The normalized spacial score (nSPS) is 19.7. The summed E-state index contributed by atoms with van der Waals surface area (Å²) in [5.41, 5.74) is 8.82. The number of ether oxygens (including phenoxy) is 1. The maximum absolute atomic E-state index is 13.1. The van der Waals surface area contributed by atoms with Crippen molar-refractivity contribution in [1.82, 2.24) is 20.0 Å². The molecule has 4 aromatic rings. The number of amides is 3. The van der Waals surface area contributed by atoms with Gasteiger partial charge in [0.1, 0.15) is 18.4 Å². The van der Waals surface area contributed by atoms with Crippen molar-refractivity contribution < 1.29 is 29.2 Å². The lowest BCUT2D eigenvalue weighted by atomic mass is 9.79. The molecule has 0 aliphatic carbocycles. The van der Waals surface area contributed by atoms with E-state index in [1.807, 2.05) is 42.5 Å². The van der Waals surface area contributed by atoms with Crippen LogP contribution in [0.2, 0.25) is 0 Å². The van der Waals surface area contributed by atoms with Crippen molar-refractivity contribution in [2.45, 2.75) is 51.6 Å². The van der Waals surface area contributed by atoms with Gasteiger partial charge in [0, 0.05) is 76.6 Å². The Morgan fingerprint density at radius 3 is 2.12 bits per heavy atom. The SMILES string of the molecule is CC/C(=C(\c1ccc(OCCN2CCN(CC3CCN(c4ccc5c(c4)CN([C@@H]4CCC(=O)NC4=O)C5=O)CC3)CC2)cc1)c1ccc(B(O)O)cc1)c1ccccc1. The lowest BCUT2D eigenvalue weighted by molar-refractivity contribution is -0.136. The van der Waals surface area contributed by atoms with E-state index in [4.69, 9.17) is 4.74 Å². The van der Waals surface area contributed by atoms with Crippen molar-refractivity contribution in [3.63, 3.8) is 0 Å². The molecule has 4 aliphatic rings. The van der Waals surface area contributed by atoms with E-state index in [0.29, 0.717) is 36.5 Å². The first-order valence-electron chi connectivity index (χ1n) is 21.2. The first-order chi connectivity index (χ1) is 28.7. The van der Waals surface area contributed by atoms with Gasteiger partial charge in [-0.1, -0.05) is 73.7 Å². The van der Waals surface area contributed by atoms with Crippen LogP contribution < -0.4 is 20.4 Å². The molecule has 306 valence electrons. The van der Waals surface area contributed by atoms with Gasteiger partial charge in [-0.15, -0.1) is 0 Å². The average molecular weight is 796 g/mol. The molecule has 3 N–H and O–H groups in total. The van der Waals surface area contributed by atoms with E-state index in [1.54, 1.807) is 17.0 Å². The highest BCUT2D eigenvalue weighted by atomic mass is 16.5. The van der Waals surface area contributed by atoms with Crippen LogP contribution in [-0.4, -0.2) is 115 Å². The highest BCUT2D eigenvalue weighted by molar-refractivity contribution is 6.58. The Hall–Kier alpha value is -5.27. The molecule has 3 fully saturated rings. The molecule has 4 heterocycles. The summed E-state index contributed by atoms with van der Waals surface area (Å²) in [5, 5.41) is 21.7. The summed E-state index contributed by atoms with van der Waals surface area (Å²) in [6.45, 7) is 11.4. The second-order valence-corrected chi connectivity index (χ2v) is 16.3. The summed E-state index contributed by atoms with van der Waals surface area (Å²) in [6.07, 6.45) is 3.74. The molecule has 0 spiro atoms. The van der Waals surface area contributed by atoms with E-state index >= 15 is 0 Å². The number of fused-ring (bicyclic) bond motifs is 1. The number of rotatable bonds is 13. The summed E-state index contributed by atoms with van der Waals surface area (Å²) in [5.74, 6) is 0.729. The topological polar surface area (TPSA) is 126 Å². The molecule has 3 amide bonds. The van der Waals surface area contributed by atoms with E-state index in [-0.39, 0.29) is 24.1 Å². The average Bonchev–Trinajstić information content (AvgIpc) is 3.59. The maximum atomic E-state index is 13.1. The van der Waals surface area contributed by atoms with Crippen LogP contribution in [0.3, 0.4) is 0 Å². The van der Waals surface area contributed by atoms with Crippen LogP contribution in [0.5, 0.6) is 5.75 Å². The lowest BCUT2D eigenvalue weighted by Gasteiger charge is -2.39. The molecule has 0 aromatic heterocycles. The molecular weight excluding hydrogens is 741 g/mol. The molecule has 11 nitrogen and oxygen atoms in total. The first kappa shape index (κ1) is 40.5. The van der Waals surface area contributed by atoms with Crippen molar-refractivity contribution in [2.24, 2.45) is 5.92 Å². The number of hydrogen-bond donors (Lipinski definition) is 3. The Kier molecular flexibility index (Phi) is 12.6. The van der Waals surface area contributed by atoms with Gasteiger partial charge in [-0.05, 0) is 101 Å². The number of imide groups is 1. The van der Waals surface area contributed by atoms with Gasteiger partial charge >= 0.3 is 7.12 Å². The Balaban J connectivity index is 0.785. The minimum atomic E-state index is -1.50. The minimum Gasteiger partial charge on any atom is -0.492 e. The summed E-state index contributed by atoms with van der Waals surface area (Å²) < 4.78 is 6.25. The first-order valence-corrected chi connectivity index (χ1v) is 21.2. The summed E-state index contributed by atoms with van der Waals surface area (Å²) in [7, 11) is -1.50. The van der Waals surface area contributed by atoms with Crippen molar-refractivity contribution >= 4 is 47.1 Å². The van der Waals surface area contributed by atoms with Crippen molar-refractivity contribution in [3.05, 3.63) is 125 Å². The standard InChI is InChI=1S/C47H54BN5O6/c1-2-41(34-6-4-3-5-7-34)45(35-8-12-38(13-9-35)48(57)58)36-10-15-40(16-11-36)59-29-28-50-24-26-51(27-25-50)31-33-20-22-52(23-21-33)39-14-17-42-37(30-39)32-53(47(42)56)43-18-19-44(54)49-46(43)55/h3-17,30,33,43,57-58H,2,18-29,31-32H2,1H3,(H,49,54,55)/b45-41+/t43-/m1/s1. The number of piperazine rings is 1. The molecule has 4 aliphatic heterocycles. The number of carbonyl (C=O) groups excluding carboxylic acids is 3. The summed E-state index contributed by atoms with van der Waals surface area (Å²) >= 11 is 0. The monoisotopic (exact) mass is 795 g/mol. The van der Waals surface area contributed by atoms with Gasteiger partial charge in [0.05, 0.1) is 0 Å². The fourth-order valence-corrected chi connectivity index (χ4v) is 9.20. The Labute approximate surface area is 347 Å². The largest absolute Gasteiger partial charge is 0.492 e. The number of benzene rings is 4. The van der Waals surface area contributed by atoms with E-state index in [1.165, 1.54) is 5.57 Å². The van der Waals surface area contributed by atoms with Crippen LogP contribution in [0.25, 0.3) is 11.1 Å². The number of hydrogen-bond acceptors (Lipinski definition) is 9. The number of allylic oxidation sites excluding steroid dienone is 1. The van der Waals surface area contributed by atoms with Gasteiger partial charge in [-0.3, -0.25) is 24.6 Å². The highest BCUT2D eigenvalue weighted by Crippen LogP contribution is 2.35. The summed E-state index contributed by atoms with van der Waals surface area (Å²) in [4.78, 5) is 46.4. The summed E-state index contributed by atoms with van der Waals surface area (Å²) in [6, 6.07) is 31.7. The highest BCUT2D eigenvalue weighted by Gasteiger charge is 2.39. The van der Waals surface area contributed by atoms with Crippen LogP contribution in [0.4, 0.5) is 5.69 Å². The van der Waals surface area contributed by atoms with Gasteiger partial charge in [-0.25, -0.2) is 0 Å². The van der Waals surface area contributed by atoms with E-state index < -0.39 is 13.2 Å². The van der Waals surface area contributed by atoms with Crippen molar-refractivity contribution in [3.8, 4) is 5.75 Å². The number of piperidine rings is 2. The van der Waals surface area contributed by atoms with Gasteiger partial charge < -0.3 is 29.5 Å². The number of nitrogens with one attached hydrogen (secondary N) is 1. The molecule has 0 saturated carbocycles. The van der Waals surface area contributed by atoms with Gasteiger partial charge in [0.15, 0.2) is 0 Å². The Morgan fingerprint density at radius 1 is 0.780 bits per heavy atom. The second kappa shape index (κ2) is 18.3. The zero-order valence-corrected chi connectivity index (χ0v) is 33.9. The molecule has 8 rings (SSSR count). The molecule has 12 heteroatoms. The third kappa shape index (κ3) is 9.31. The fourth-order valence-electron chi connectivity index (χ4n) is 9.20. The molecule has 0 unspecified atom stereocenters. The number of nitrogens with zero attached hydrogens (tertiary/aromatic N) is 4. The van der Waals surface area contributed by atoms with Gasteiger partial charge in [-0.2, -0.15) is 0 Å². The van der Waals surface area contributed by atoms with Crippen LogP contribution in [0.15, 0.2) is 97.1 Å². The molecule has 3 saturated heterocycles. The van der Waals surface area contributed by atoms with E-state index in [9.17, 15) is 24.4 Å². The van der Waals surface area contributed by atoms with E-state index in [2.05, 4.69) is 69.4 Å². The zero-order valence-electron chi connectivity index (χ0n) is 33.9. The van der Waals surface area contributed by atoms with Gasteiger partial charge in [0.2, 0.25) is 11.8 Å². The predicted octanol–water partition coefficient (Wildman–Crippen LogP) is 4.41. The van der Waals surface area contributed by atoms with Crippen molar-refractivity contribution in [2.75, 3.05) is 63.9 Å². The van der Waals surface area contributed by atoms with Crippen LogP contribution >= 0.6 is 0 Å². The second-order valence-electron chi connectivity index (χ2n) is 16.3. The van der Waals surface area contributed by atoms with Crippen molar-refractivity contribution in [1.29, 1.82) is 0 Å². The third-order valence-electron chi connectivity index (χ3n) is 12.6. The Bertz CT molecular complexity index is 2150. The van der Waals surface area contributed by atoms with Crippen LogP contribution in [0.1, 0.15) is 71.6 Å². The third-order valence-corrected chi connectivity index (χ3v) is 12.6. The maximum Gasteiger partial charge on any atom is 0.488 e. The number of carbonyl (C=O) groups is 3. The predicted molar refractivity (Wildman–Crippen MR) is 231 cm³/mol. The minimum absolute atomic E-state index is 0.127. The lowest BCUT2D eigenvalue weighted by Crippen LogP contribution is -2.52. The quantitative estimate of drug-likeness (QED) is 0.103. The Morgan fingerprint density at radius 2 is 1.46 bits per heavy atom. The smallest absolute Gasteiger partial charge is 0.488 e. The zero-order chi connectivity index (χ0) is 40.9. The number of anilines is 1. The molecule has 0 radical (unpaired) electrons. The molecule has 59 heavy (non-hydrogen) atoms. The van der Waals surface area contributed by atoms with Crippen LogP contribution in [-0.2, 0) is 16.1 Å². The molecular formula is C47H54BN5O6.